The molecular weight excluding hydrogens is 565 g/mol. The maximum Gasteiger partial charge on any atom is 0.573 e. The van der Waals surface area contributed by atoms with Gasteiger partial charge in [-0.05, 0) is 91.8 Å². The van der Waals surface area contributed by atoms with E-state index in [-0.39, 0.29) is 16.9 Å². The first-order chi connectivity index (χ1) is 20.1. The van der Waals surface area contributed by atoms with Crippen molar-refractivity contribution in [3.05, 3.63) is 89.7 Å². The predicted molar refractivity (Wildman–Crippen MR) is 160 cm³/mol. The number of thiocarbonyl (C=S) groups is 1. The lowest BCUT2D eigenvalue weighted by atomic mass is 10.0. The van der Waals surface area contributed by atoms with Gasteiger partial charge < -0.3 is 15.4 Å². The number of unbranched alkanes of at least 4 members (excludes halogenated alkanes) is 1. The van der Waals surface area contributed by atoms with Gasteiger partial charge in [0, 0.05) is 17.8 Å². The van der Waals surface area contributed by atoms with Crippen molar-refractivity contribution in [1.29, 1.82) is 0 Å². The van der Waals surface area contributed by atoms with Crippen LogP contribution in [0, 0.1) is 6.92 Å². The minimum absolute atomic E-state index is 0.247. The first-order valence-corrected chi connectivity index (χ1v) is 13.8. The van der Waals surface area contributed by atoms with Gasteiger partial charge in [-0.3, -0.25) is 5.32 Å². The fraction of sp³-hybridized carbons (Fsp3) is 0.267. The molecule has 2 amide bonds. The number of hydrogen-bond donors (Lipinski definition) is 3. The van der Waals surface area contributed by atoms with Crippen molar-refractivity contribution < 1.29 is 22.7 Å². The van der Waals surface area contributed by atoms with Gasteiger partial charge in [0.2, 0.25) is 0 Å². The van der Waals surface area contributed by atoms with Crippen molar-refractivity contribution in [2.75, 3.05) is 11.9 Å². The number of hydrogen-bond acceptors (Lipinski definition) is 5. The van der Waals surface area contributed by atoms with E-state index < -0.39 is 6.36 Å². The lowest BCUT2D eigenvalue weighted by Gasteiger charge is -2.15. The SMILES string of the molecule is CCc1cccc(C)c1NC(=S)NC(=O)NCCCCc1cccc(-c2ncn(-c3ccc(OC(F)(F)F)cc3)n2)c1. The number of carbonyl (C=O) groups is 1. The van der Waals surface area contributed by atoms with Crippen LogP contribution in [0.25, 0.3) is 17.1 Å². The number of anilines is 1. The van der Waals surface area contributed by atoms with Crippen LogP contribution in [0.4, 0.5) is 23.7 Å². The molecule has 0 atom stereocenters. The van der Waals surface area contributed by atoms with Crippen LogP contribution < -0.4 is 20.7 Å². The Morgan fingerprint density at radius 1 is 1.05 bits per heavy atom. The lowest BCUT2D eigenvalue weighted by molar-refractivity contribution is -0.274. The van der Waals surface area contributed by atoms with Gasteiger partial charge in [0.25, 0.3) is 0 Å². The van der Waals surface area contributed by atoms with E-state index in [2.05, 4.69) is 37.7 Å². The van der Waals surface area contributed by atoms with E-state index in [4.69, 9.17) is 12.2 Å². The number of urea groups is 1. The molecule has 0 saturated heterocycles. The number of halogens is 3. The van der Waals surface area contributed by atoms with E-state index in [0.717, 1.165) is 53.6 Å². The molecule has 1 aromatic heterocycles. The quantitative estimate of drug-likeness (QED) is 0.139. The molecule has 0 radical (unpaired) electrons. The van der Waals surface area contributed by atoms with Crippen molar-refractivity contribution >= 4 is 29.0 Å². The molecule has 0 aliphatic heterocycles. The minimum atomic E-state index is -4.75. The number of rotatable bonds is 10. The maximum atomic E-state index is 12.4. The summed E-state index contributed by atoms with van der Waals surface area (Å²) in [7, 11) is 0. The van der Waals surface area contributed by atoms with E-state index in [1.54, 1.807) is 0 Å². The Kier molecular flexibility index (Phi) is 10.1. The fourth-order valence-electron chi connectivity index (χ4n) is 4.34. The molecule has 12 heteroatoms. The Hall–Kier alpha value is -4.45. The Morgan fingerprint density at radius 2 is 1.81 bits per heavy atom. The second kappa shape index (κ2) is 13.9. The van der Waals surface area contributed by atoms with Gasteiger partial charge in [-0.2, -0.15) is 0 Å². The zero-order valence-electron chi connectivity index (χ0n) is 23.2. The van der Waals surface area contributed by atoms with Crippen LogP contribution >= 0.6 is 12.2 Å². The monoisotopic (exact) mass is 596 g/mol. The van der Waals surface area contributed by atoms with Crippen molar-refractivity contribution in [2.24, 2.45) is 0 Å². The predicted octanol–water partition coefficient (Wildman–Crippen LogP) is 6.72. The minimum Gasteiger partial charge on any atom is -0.406 e. The van der Waals surface area contributed by atoms with Crippen LogP contribution in [0.5, 0.6) is 5.75 Å². The Bertz CT molecular complexity index is 1520. The molecule has 8 nitrogen and oxygen atoms in total. The fourth-order valence-corrected chi connectivity index (χ4v) is 4.53. The first kappa shape index (κ1) is 30.5. The zero-order valence-corrected chi connectivity index (χ0v) is 24.0. The third-order valence-electron chi connectivity index (χ3n) is 6.40. The normalized spacial score (nSPS) is 11.2. The first-order valence-electron chi connectivity index (χ1n) is 13.4. The van der Waals surface area contributed by atoms with Crippen molar-refractivity contribution in [3.8, 4) is 22.8 Å². The van der Waals surface area contributed by atoms with Crippen LogP contribution in [0.1, 0.15) is 36.5 Å². The Labute approximate surface area is 247 Å². The van der Waals surface area contributed by atoms with Crippen molar-refractivity contribution in [2.45, 2.75) is 45.9 Å². The summed E-state index contributed by atoms with van der Waals surface area (Å²) < 4.78 is 42.6. The third-order valence-corrected chi connectivity index (χ3v) is 6.60. The van der Waals surface area contributed by atoms with Crippen LogP contribution in [-0.4, -0.2) is 38.8 Å². The molecule has 0 fully saturated rings. The number of amides is 2. The molecule has 0 aliphatic carbocycles. The van der Waals surface area contributed by atoms with E-state index >= 15 is 0 Å². The highest BCUT2D eigenvalue weighted by Gasteiger charge is 2.31. The molecule has 3 aromatic carbocycles. The van der Waals surface area contributed by atoms with Gasteiger partial charge in [-0.15, -0.1) is 18.3 Å². The molecule has 0 aliphatic rings. The summed E-state index contributed by atoms with van der Waals surface area (Å²) in [4.78, 5) is 16.6. The molecule has 0 bridgehead atoms. The van der Waals surface area contributed by atoms with Crippen LogP contribution in [-0.2, 0) is 12.8 Å². The number of alkyl halides is 3. The van der Waals surface area contributed by atoms with Crippen molar-refractivity contribution in [3.63, 3.8) is 0 Å². The summed E-state index contributed by atoms with van der Waals surface area (Å²) in [5, 5.41) is 13.3. The standard InChI is InChI=1S/C30H31F3N6O2S/c1-3-22-11-6-8-20(2)26(22)36-29(42)37-28(40)34-17-5-4-9-21-10-7-12-23(18-21)27-35-19-39(38-27)24-13-15-25(16-14-24)41-30(31,32)33/h6-8,10-16,18-19H,3-5,9,17H2,1-2H3,(H3,34,36,37,40,42). The van der Waals surface area contributed by atoms with E-state index in [9.17, 15) is 18.0 Å². The van der Waals surface area contributed by atoms with Gasteiger partial charge in [0.05, 0.1) is 5.69 Å². The number of para-hydroxylation sites is 1. The smallest absolute Gasteiger partial charge is 0.406 e. The second-order valence-electron chi connectivity index (χ2n) is 9.51. The molecular formula is C30H31F3N6O2S. The molecule has 0 unspecified atom stereocenters. The number of nitrogens with zero attached hydrogens (tertiary/aromatic N) is 3. The van der Waals surface area contributed by atoms with Gasteiger partial charge >= 0.3 is 12.4 Å². The number of benzene rings is 3. The van der Waals surface area contributed by atoms with E-state index in [0.29, 0.717) is 18.1 Å². The average molecular weight is 597 g/mol. The summed E-state index contributed by atoms with van der Waals surface area (Å²) in [6.45, 7) is 4.55. The molecule has 0 spiro atoms. The van der Waals surface area contributed by atoms with Gasteiger partial charge in [-0.1, -0.05) is 43.3 Å². The maximum absolute atomic E-state index is 12.4. The van der Waals surface area contributed by atoms with Crippen LogP contribution in [0.3, 0.4) is 0 Å². The lowest BCUT2D eigenvalue weighted by Crippen LogP contribution is -2.42. The number of carbonyl (C=O) groups excluding carboxylic acids is 1. The summed E-state index contributed by atoms with van der Waals surface area (Å²) in [5.41, 5.74) is 5.57. The number of nitrogens with one attached hydrogen (secondary N) is 3. The van der Waals surface area contributed by atoms with Crippen molar-refractivity contribution in [1.82, 2.24) is 25.4 Å². The van der Waals surface area contributed by atoms with Gasteiger partial charge in [-0.25, -0.2) is 14.5 Å². The zero-order chi connectivity index (χ0) is 30.1. The Morgan fingerprint density at radius 3 is 2.55 bits per heavy atom. The van der Waals surface area contributed by atoms with E-state index in [1.807, 2.05) is 49.4 Å². The van der Waals surface area contributed by atoms with Crippen LogP contribution in [0.2, 0.25) is 0 Å². The number of ether oxygens (including phenoxy) is 1. The molecule has 4 aromatic rings. The topological polar surface area (TPSA) is 93.1 Å². The van der Waals surface area contributed by atoms with E-state index in [1.165, 1.54) is 35.3 Å². The summed E-state index contributed by atoms with van der Waals surface area (Å²) in [6.07, 6.45) is 0.0307. The summed E-state index contributed by atoms with van der Waals surface area (Å²) in [6, 6.07) is 18.9. The largest absolute Gasteiger partial charge is 0.573 e. The third kappa shape index (κ3) is 8.77. The summed E-state index contributed by atoms with van der Waals surface area (Å²) in [5.74, 6) is 0.186. The molecule has 1 heterocycles. The van der Waals surface area contributed by atoms with Gasteiger partial charge in [0.1, 0.15) is 12.1 Å². The second-order valence-corrected chi connectivity index (χ2v) is 9.92. The highest BCUT2D eigenvalue weighted by atomic mass is 32.1. The molecule has 220 valence electrons. The number of aromatic nitrogens is 3. The van der Waals surface area contributed by atoms with Crippen LogP contribution in [0.15, 0.2) is 73.1 Å². The number of aryl methyl sites for hydroxylation is 3. The molecule has 4 rings (SSSR count). The average Bonchev–Trinajstić information content (AvgIpc) is 3.44. The molecule has 42 heavy (non-hydrogen) atoms. The Balaban J connectivity index is 1.22. The molecule has 0 saturated carbocycles. The summed E-state index contributed by atoms with van der Waals surface area (Å²) >= 11 is 5.31. The highest BCUT2D eigenvalue weighted by molar-refractivity contribution is 7.80. The highest BCUT2D eigenvalue weighted by Crippen LogP contribution is 2.24. The molecule has 3 N–H and O–H groups in total. The van der Waals surface area contributed by atoms with Gasteiger partial charge in [0.15, 0.2) is 10.9 Å².